The molecule has 0 saturated heterocycles. The van der Waals surface area contributed by atoms with Gasteiger partial charge in [0.1, 0.15) is 0 Å². The van der Waals surface area contributed by atoms with Crippen LogP contribution in [0.4, 0.5) is 0 Å². The third-order valence-electron chi connectivity index (χ3n) is 2.86. The lowest BCUT2D eigenvalue weighted by Crippen LogP contribution is -2.52. The predicted octanol–water partition coefficient (Wildman–Crippen LogP) is 1.93. The van der Waals surface area contributed by atoms with Crippen LogP contribution in [0.2, 0.25) is 0 Å². The third-order valence-corrected chi connectivity index (χ3v) is 5.83. The average molecular weight is 281 g/mol. The SMILES string of the molecule is CNC(=O)C1([C@@H](N)CC2CC2)SC=CS1.Cl. The molecule has 0 aromatic rings. The van der Waals surface area contributed by atoms with E-state index in [1.54, 1.807) is 30.6 Å². The Morgan fingerprint density at radius 2 is 2.12 bits per heavy atom. The minimum absolute atomic E-state index is 0. The summed E-state index contributed by atoms with van der Waals surface area (Å²) in [7, 11) is 1.67. The molecule has 0 aromatic carbocycles. The van der Waals surface area contributed by atoms with E-state index in [2.05, 4.69) is 5.32 Å². The Hall–Kier alpha value is 0.160. The molecule has 1 amide bonds. The lowest BCUT2D eigenvalue weighted by atomic mass is 10.1. The second-order valence-electron chi connectivity index (χ2n) is 4.04. The summed E-state index contributed by atoms with van der Waals surface area (Å²) in [5, 5.41) is 6.65. The summed E-state index contributed by atoms with van der Waals surface area (Å²) in [6.07, 6.45) is 3.52. The van der Waals surface area contributed by atoms with E-state index in [1.165, 1.54) is 12.8 Å². The quantitative estimate of drug-likeness (QED) is 0.826. The van der Waals surface area contributed by atoms with Crippen LogP contribution < -0.4 is 11.1 Å². The summed E-state index contributed by atoms with van der Waals surface area (Å²) < 4.78 is -0.517. The molecule has 0 bridgehead atoms. The molecule has 3 N–H and O–H groups in total. The van der Waals surface area contributed by atoms with Gasteiger partial charge in [-0.3, -0.25) is 4.79 Å². The van der Waals surface area contributed by atoms with Crippen molar-refractivity contribution in [3.63, 3.8) is 0 Å². The summed E-state index contributed by atoms with van der Waals surface area (Å²) in [4.78, 5) is 11.9. The Morgan fingerprint density at radius 3 is 2.56 bits per heavy atom. The summed E-state index contributed by atoms with van der Waals surface area (Å²) >= 11 is 3.09. The summed E-state index contributed by atoms with van der Waals surface area (Å²) in [6, 6.07) is -0.0602. The predicted molar refractivity (Wildman–Crippen MR) is 73.7 cm³/mol. The molecule has 0 aromatic heterocycles. The summed E-state index contributed by atoms with van der Waals surface area (Å²) in [5.41, 5.74) is 6.19. The van der Waals surface area contributed by atoms with Crippen LogP contribution in [0.25, 0.3) is 0 Å². The number of nitrogens with one attached hydrogen (secondary N) is 1. The van der Waals surface area contributed by atoms with E-state index in [0.29, 0.717) is 0 Å². The fourth-order valence-electron chi connectivity index (χ4n) is 1.78. The van der Waals surface area contributed by atoms with Crippen LogP contribution in [-0.4, -0.2) is 23.1 Å². The van der Waals surface area contributed by atoms with Crippen molar-refractivity contribution < 1.29 is 4.79 Å². The first kappa shape index (κ1) is 14.2. The molecule has 0 spiro atoms. The maximum Gasteiger partial charge on any atom is 0.248 e. The number of rotatable bonds is 4. The summed E-state index contributed by atoms with van der Waals surface area (Å²) in [6.45, 7) is 0. The number of amides is 1. The van der Waals surface area contributed by atoms with Gasteiger partial charge in [-0.05, 0) is 23.2 Å². The standard InChI is InChI=1S/C10H16N2OS2.ClH/c1-12-9(13)10(14-4-5-15-10)8(11)6-7-2-3-7;/h4-5,7-8H,2-3,6,11H2,1H3,(H,12,13);1H/t8-;/m0./s1. The first-order chi connectivity index (χ1) is 7.19. The number of hydrogen-bond acceptors (Lipinski definition) is 4. The second-order valence-corrected chi connectivity index (χ2v) is 6.60. The Bertz CT molecular complexity index is 287. The zero-order valence-corrected chi connectivity index (χ0v) is 11.6. The normalized spacial score (nSPS) is 23.6. The molecule has 3 nitrogen and oxygen atoms in total. The average Bonchev–Trinajstić information content (AvgIpc) is 2.91. The van der Waals surface area contributed by atoms with Gasteiger partial charge in [0.15, 0.2) is 4.08 Å². The minimum Gasteiger partial charge on any atom is -0.357 e. The highest BCUT2D eigenvalue weighted by Gasteiger charge is 2.47. The van der Waals surface area contributed by atoms with Gasteiger partial charge in [0, 0.05) is 13.1 Å². The van der Waals surface area contributed by atoms with Gasteiger partial charge >= 0.3 is 0 Å². The van der Waals surface area contributed by atoms with Gasteiger partial charge in [-0.1, -0.05) is 12.8 Å². The van der Waals surface area contributed by atoms with Crippen molar-refractivity contribution in [2.45, 2.75) is 29.4 Å². The topological polar surface area (TPSA) is 55.1 Å². The smallest absolute Gasteiger partial charge is 0.248 e. The number of nitrogens with two attached hydrogens (primary N) is 1. The van der Waals surface area contributed by atoms with Crippen LogP contribution in [0.5, 0.6) is 0 Å². The highest BCUT2D eigenvalue weighted by atomic mass is 35.5. The van der Waals surface area contributed by atoms with Gasteiger partial charge in [-0.15, -0.1) is 35.9 Å². The van der Waals surface area contributed by atoms with Crippen molar-refractivity contribution in [1.82, 2.24) is 5.32 Å². The lowest BCUT2D eigenvalue weighted by molar-refractivity contribution is -0.121. The van der Waals surface area contributed by atoms with Crippen molar-refractivity contribution in [3.05, 3.63) is 10.8 Å². The molecule has 1 atom stereocenters. The molecule has 0 radical (unpaired) electrons. The largest absolute Gasteiger partial charge is 0.357 e. The fourth-order valence-corrected chi connectivity index (χ4v) is 4.14. The van der Waals surface area contributed by atoms with E-state index in [0.717, 1.165) is 12.3 Å². The molecular weight excluding hydrogens is 264 g/mol. The van der Waals surface area contributed by atoms with Gasteiger partial charge in [-0.2, -0.15) is 0 Å². The highest BCUT2D eigenvalue weighted by molar-refractivity contribution is 8.24. The van der Waals surface area contributed by atoms with E-state index >= 15 is 0 Å². The minimum atomic E-state index is -0.517. The number of carbonyl (C=O) groups excluding carboxylic acids is 1. The molecule has 16 heavy (non-hydrogen) atoms. The zero-order valence-electron chi connectivity index (χ0n) is 9.14. The molecule has 2 aliphatic rings. The Balaban J connectivity index is 0.00000128. The van der Waals surface area contributed by atoms with Crippen LogP contribution in [0.3, 0.4) is 0 Å². The molecule has 1 saturated carbocycles. The van der Waals surface area contributed by atoms with E-state index in [4.69, 9.17) is 5.73 Å². The van der Waals surface area contributed by atoms with Crippen LogP contribution in [-0.2, 0) is 4.79 Å². The first-order valence-corrected chi connectivity index (χ1v) is 6.93. The maximum atomic E-state index is 11.9. The zero-order chi connectivity index (χ0) is 10.9. The molecule has 2 rings (SSSR count). The van der Waals surface area contributed by atoms with Crippen LogP contribution in [0.15, 0.2) is 10.8 Å². The number of hydrogen-bond donors (Lipinski definition) is 2. The fraction of sp³-hybridized carbons (Fsp3) is 0.700. The Labute approximate surface area is 111 Å². The monoisotopic (exact) mass is 280 g/mol. The van der Waals surface area contributed by atoms with Crippen molar-refractivity contribution in [1.29, 1.82) is 0 Å². The highest BCUT2D eigenvalue weighted by Crippen LogP contribution is 2.49. The van der Waals surface area contributed by atoms with E-state index in [9.17, 15) is 4.79 Å². The van der Waals surface area contributed by atoms with Crippen molar-refractivity contribution in [3.8, 4) is 0 Å². The summed E-state index contributed by atoms with van der Waals surface area (Å²) in [5.74, 6) is 0.791. The second kappa shape index (κ2) is 5.67. The molecule has 0 unspecified atom stereocenters. The number of thioether (sulfide) groups is 2. The lowest BCUT2D eigenvalue weighted by Gasteiger charge is -2.31. The maximum absolute atomic E-state index is 11.9. The van der Waals surface area contributed by atoms with Crippen LogP contribution in [0, 0.1) is 5.92 Å². The van der Waals surface area contributed by atoms with Gasteiger partial charge in [0.05, 0.1) is 0 Å². The van der Waals surface area contributed by atoms with Crippen LogP contribution >= 0.6 is 35.9 Å². The number of halogens is 1. The molecular formula is C10H17ClN2OS2. The first-order valence-electron chi connectivity index (χ1n) is 5.17. The third kappa shape index (κ3) is 2.70. The molecule has 1 fully saturated rings. The molecule has 1 aliphatic carbocycles. The molecule has 1 heterocycles. The van der Waals surface area contributed by atoms with Gasteiger partial charge in [0.2, 0.25) is 5.91 Å². The Morgan fingerprint density at radius 1 is 1.56 bits per heavy atom. The van der Waals surface area contributed by atoms with E-state index in [1.807, 2.05) is 10.8 Å². The Kier molecular flexibility index (Phi) is 5.04. The van der Waals surface area contributed by atoms with Crippen molar-refractivity contribution >= 4 is 41.8 Å². The van der Waals surface area contributed by atoms with Gasteiger partial charge in [0.25, 0.3) is 0 Å². The van der Waals surface area contributed by atoms with Gasteiger partial charge in [-0.25, -0.2) is 0 Å². The van der Waals surface area contributed by atoms with Crippen molar-refractivity contribution in [2.24, 2.45) is 11.7 Å². The van der Waals surface area contributed by atoms with E-state index in [-0.39, 0.29) is 24.4 Å². The van der Waals surface area contributed by atoms with Crippen molar-refractivity contribution in [2.75, 3.05) is 7.05 Å². The molecule has 1 aliphatic heterocycles. The van der Waals surface area contributed by atoms with Gasteiger partial charge < -0.3 is 11.1 Å². The van der Waals surface area contributed by atoms with E-state index < -0.39 is 4.08 Å². The van der Waals surface area contributed by atoms with Crippen LogP contribution in [0.1, 0.15) is 19.3 Å². The molecule has 6 heteroatoms. The molecule has 92 valence electrons. The number of carbonyl (C=O) groups is 1.